The number of aliphatic carboxylic acids is 1. The molecule has 7 nitrogen and oxygen atoms in total. The van der Waals surface area contributed by atoms with Crippen LogP contribution in [0.25, 0.3) is 0 Å². The smallest absolute Gasteiger partial charge is 0.326 e. The number of amides is 1. The summed E-state index contributed by atoms with van der Waals surface area (Å²) in [6.45, 7) is 1.70. The van der Waals surface area contributed by atoms with Crippen LogP contribution in [0.1, 0.15) is 17.5 Å². The van der Waals surface area contributed by atoms with Crippen LogP contribution in [0, 0.1) is 17.0 Å². The van der Waals surface area contributed by atoms with E-state index in [-0.39, 0.29) is 5.69 Å². The monoisotopic (exact) mass is 312 g/mol. The molecule has 21 heavy (non-hydrogen) atoms. The normalized spacial score (nSPS) is 11.7. The number of carboxylic acid groups (broad SMARTS) is 1. The summed E-state index contributed by atoms with van der Waals surface area (Å²) >= 11 is 1.47. The molecule has 0 heterocycles. The van der Waals surface area contributed by atoms with E-state index in [0.29, 0.717) is 29.9 Å². The van der Waals surface area contributed by atoms with Crippen LogP contribution < -0.4 is 5.32 Å². The van der Waals surface area contributed by atoms with E-state index in [1.54, 1.807) is 13.0 Å². The molecule has 8 heteroatoms. The summed E-state index contributed by atoms with van der Waals surface area (Å²) in [6.07, 6.45) is 0.668. The van der Waals surface area contributed by atoms with Crippen molar-refractivity contribution < 1.29 is 19.6 Å². The highest BCUT2D eigenvalue weighted by molar-refractivity contribution is 7.98. The molecule has 0 aliphatic carbocycles. The molecule has 1 aromatic carbocycles. The van der Waals surface area contributed by atoms with Gasteiger partial charge in [0.15, 0.2) is 0 Å². The third-order valence-electron chi connectivity index (χ3n) is 2.99. The molecule has 1 rings (SSSR count). The van der Waals surface area contributed by atoms with E-state index < -0.39 is 16.9 Å². The third kappa shape index (κ3) is 5.07. The van der Waals surface area contributed by atoms with E-state index in [9.17, 15) is 19.7 Å². The van der Waals surface area contributed by atoms with Gasteiger partial charge < -0.3 is 10.4 Å². The molecule has 0 saturated carbocycles. The minimum Gasteiger partial charge on any atom is -0.480 e. The van der Waals surface area contributed by atoms with E-state index in [0.717, 1.165) is 5.56 Å². The number of nitro benzene ring substituents is 1. The minimum atomic E-state index is -1.07. The number of hydrogen-bond donors (Lipinski definition) is 2. The Morgan fingerprint density at radius 3 is 2.86 bits per heavy atom. The second kappa shape index (κ2) is 8.25. The maximum absolute atomic E-state index is 10.8. The van der Waals surface area contributed by atoms with E-state index in [1.165, 1.54) is 17.8 Å². The molecule has 0 bridgehead atoms. The largest absolute Gasteiger partial charge is 0.480 e. The molecule has 0 aromatic heterocycles. The van der Waals surface area contributed by atoms with E-state index in [2.05, 4.69) is 5.32 Å². The van der Waals surface area contributed by atoms with Crippen molar-refractivity contribution in [2.24, 2.45) is 0 Å². The highest BCUT2D eigenvalue weighted by Crippen LogP contribution is 2.24. The van der Waals surface area contributed by atoms with Crippen molar-refractivity contribution in [2.75, 3.05) is 5.75 Å². The zero-order chi connectivity index (χ0) is 15.8. The highest BCUT2D eigenvalue weighted by atomic mass is 32.2. The van der Waals surface area contributed by atoms with Gasteiger partial charge in [0.2, 0.25) is 6.41 Å². The molecule has 2 N–H and O–H groups in total. The third-order valence-corrected chi connectivity index (χ3v) is 4.03. The lowest BCUT2D eigenvalue weighted by atomic mass is 10.1. The Balaban J connectivity index is 2.53. The highest BCUT2D eigenvalue weighted by Gasteiger charge is 2.16. The zero-order valence-corrected chi connectivity index (χ0v) is 12.3. The predicted octanol–water partition coefficient (Wildman–Crippen LogP) is 1.73. The zero-order valence-electron chi connectivity index (χ0n) is 11.4. The SMILES string of the molecule is Cc1c(CSCCC(NC=O)C(=O)O)cccc1[N+](=O)[O-]. The van der Waals surface area contributed by atoms with Crippen LogP contribution in [0.3, 0.4) is 0 Å². The molecule has 0 aliphatic heterocycles. The summed E-state index contributed by atoms with van der Waals surface area (Å²) in [5.74, 6) is 0.00942. The number of benzene rings is 1. The minimum absolute atomic E-state index is 0.0825. The van der Waals surface area contributed by atoms with Crippen LogP contribution in [0.2, 0.25) is 0 Å². The van der Waals surface area contributed by atoms with Crippen molar-refractivity contribution in [3.8, 4) is 0 Å². The van der Waals surface area contributed by atoms with Gasteiger partial charge in [-0.2, -0.15) is 11.8 Å². The van der Waals surface area contributed by atoms with Gasteiger partial charge in [-0.3, -0.25) is 14.9 Å². The van der Waals surface area contributed by atoms with Crippen molar-refractivity contribution in [3.63, 3.8) is 0 Å². The molecule has 114 valence electrons. The van der Waals surface area contributed by atoms with Gasteiger partial charge in [-0.15, -0.1) is 0 Å². The molecular weight excluding hydrogens is 296 g/mol. The summed E-state index contributed by atoms with van der Waals surface area (Å²) in [5, 5.41) is 21.9. The maximum atomic E-state index is 10.8. The molecule has 1 atom stereocenters. The standard InChI is InChI=1S/C13H16N2O5S/c1-9-10(3-2-4-12(9)15(19)20)7-21-6-5-11(13(17)18)14-8-16/h2-4,8,11H,5-7H2,1H3,(H,14,16)(H,17,18). The summed E-state index contributed by atoms with van der Waals surface area (Å²) in [5.41, 5.74) is 1.55. The molecule has 0 spiro atoms. The number of carbonyl (C=O) groups excluding carboxylic acids is 1. The fraction of sp³-hybridized carbons (Fsp3) is 0.385. The summed E-state index contributed by atoms with van der Waals surface area (Å²) in [7, 11) is 0. The molecular formula is C13H16N2O5S. The Hall–Kier alpha value is -2.09. The van der Waals surface area contributed by atoms with Crippen molar-refractivity contribution in [1.82, 2.24) is 5.32 Å². The lowest BCUT2D eigenvalue weighted by Crippen LogP contribution is -2.36. The van der Waals surface area contributed by atoms with Gasteiger partial charge in [-0.25, -0.2) is 4.79 Å². The van der Waals surface area contributed by atoms with Crippen LogP contribution in [0.15, 0.2) is 18.2 Å². The first-order chi connectivity index (χ1) is 9.97. The van der Waals surface area contributed by atoms with Crippen LogP contribution >= 0.6 is 11.8 Å². The predicted molar refractivity (Wildman–Crippen MR) is 79.2 cm³/mol. The molecule has 1 amide bonds. The summed E-state index contributed by atoms with van der Waals surface area (Å²) in [4.78, 5) is 31.5. The van der Waals surface area contributed by atoms with Crippen molar-refractivity contribution >= 4 is 29.8 Å². The Bertz CT molecular complexity index is 535. The van der Waals surface area contributed by atoms with Crippen LogP contribution in [-0.4, -0.2) is 34.2 Å². The number of rotatable bonds is 9. The molecule has 1 aromatic rings. The van der Waals surface area contributed by atoms with E-state index in [1.807, 2.05) is 6.07 Å². The second-order valence-electron chi connectivity index (χ2n) is 4.33. The van der Waals surface area contributed by atoms with Crippen molar-refractivity contribution in [1.29, 1.82) is 0 Å². The van der Waals surface area contributed by atoms with Crippen LogP contribution in [0.4, 0.5) is 5.69 Å². The lowest BCUT2D eigenvalue weighted by Gasteiger charge is -2.11. The van der Waals surface area contributed by atoms with Gasteiger partial charge in [-0.05, 0) is 24.7 Å². The first-order valence-corrected chi connectivity index (χ1v) is 7.36. The number of nitro groups is 1. The molecule has 1 unspecified atom stereocenters. The number of thioether (sulfide) groups is 1. The van der Waals surface area contributed by atoms with Gasteiger partial charge in [0.1, 0.15) is 6.04 Å². The van der Waals surface area contributed by atoms with Gasteiger partial charge >= 0.3 is 5.97 Å². The van der Waals surface area contributed by atoms with E-state index in [4.69, 9.17) is 5.11 Å². The molecule has 0 radical (unpaired) electrons. The first kappa shape index (κ1) is 17.0. The second-order valence-corrected chi connectivity index (χ2v) is 5.44. The average molecular weight is 312 g/mol. The van der Waals surface area contributed by atoms with Crippen LogP contribution in [0.5, 0.6) is 0 Å². The van der Waals surface area contributed by atoms with Crippen LogP contribution in [-0.2, 0) is 15.3 Å². The Labute approximate surface area is 125 Å². The Morgan fingerprint density at radius 1 is 1.57 bits per heavy atom. The number of nitrogens with one attached hydrogen (secondary N) is 1. The topological polar surface area (TPSA) is 110 Å². The number of carboxylic acids is 1. The lowest BCUT2D eigenvalue weighted by molar-refractivity contribution is -0.385. The molecule has 0 aliphatic rings. The molecule has 0 fully saturated rings. The quantitative estimate of drug-likeness (QED) is 0.311. The number of nitrogens with zero attached hydrogens (tertiary/aromatic N) is 1. The first-order valence-electron chi connectivity index (χ1n) is 6.20. The number of hydrogen-bond acceptors (Lipinski definition) is 5. The van der Waals surface area contributed by atoms with Gasteiger partial charge in [0.05, 0.1) is 4.92 Å². The Morgan fingerprint density at radius 2 is 2.29 bits per heavy atom. The maximum Gasteiger partial charge on any atom is 0.326 e. The average Bonchev–Trinajstić information content (AvgIpc) is 2.43. The Kier molecular flexibility index (Phi) is 6.67. The summed E-state index contributed by atoms with van der Waals surface area (Å²) < 4.78 is 0. The van der Waals surface area contributed by atoms with Crippen molar-refractivity contribution in [3.05, 3.63) is 39.4 Å². The van der Waals surface area contributed by atoms with Gasteiger partial charge in [0.25, 0.3) is 5.69 Å². The van der Waals surface area contributed by atoms with Gasteiger partial charge in [-0.1, -0.05) is 12.1 Å². The van der Waals surface area contributed by atoms with Crippen molar-refractivity contribution in [2.45, 2.75) is 25.1 Å². The van der Waals surface area contributed by atoms with E-state index >= 15 is 0 Å². The molecule has 0 saturated heterocycles. The fourth-order valence-corrected chi connectivity index (χ4v) is 2.85. The fourth-order valence-electron chi connectivity index (χ4n) is 1.77. The summed E-state index contributed by atoms with van der Waals surface area (Å²) in [6, 6.07) is 4.00. The number of carbonyl (C=O) groups is 2. The van der Waals surface area contributed by atoms with Gasteiger partial charge in [0, 0.05) is 17.4 Å².